The summed E-state index contributed by atoms with van der Waals surface area (Å²) in [5, 5.41) is 12.2. The number of hydrogen-bond donors (Lipinski definition) is 3. The van der Waals surface area contributed by atoms with E-state index >= 15 is 0 Å². The van der Waals surface area contributed by atoms with Crippen LogP contribution in [0, 0.1) is 3.57 Å². The molecule has 1 rings (SSSR count). The molecule has 0 saturated carbocycles. The van der Waals surface area contributed by atoms with Gasteiger partial charge in [-0.25, -0.2) is 0 Å². The van der Waals surface area contributed by atoms with E-state index in [1.54, 1.807) is 18.2 Å². The van der Waals surface area contributed by atoms with Gasteiger partial charge in [0.15, 0.2) is 0 Å². The fourth-order valence-electron chi connectivity index (χ4n) is 0.940. The van der Waals surface area contributed by atoms with Crippen LogP contribution in [0.15, 0.2) is 18.2 Å². The van der Waals surface area contributed by atoms with Crippen molar-refractivity contribution < 1.29 is 9.90 Å². The quantitative estimate of drug-likeness (QED) is 0.730. The summed E-state index contributed by atoms with van der Waals surface area (Å²) in [5.74, 6) is -1.02. The second-order valence-corrected chi connectivity index (χ2v) is 4.55. The standard InChI is InChI=1S/C9H10ClIN2O2/c10-5-1-2-8(6(11)3-5)13-4-7(12)9(14)15/h1-3,7,13H,4,12H2,(H,14,15). The molecule has 4 nitrogen and oxygen atoms in total. The van der Waals surface area contributed by atoms with E-state index in [0.29, 0.717) is 5.02 Å². The molecule has 82 valence electrons. The molecular formula is C9H10ClIN2O2. The predicted octanol–water partition coefficient (Wildman–Crippen LogP) is 1.77. The van der Waals surface area contributed by atoms with Gasteiger partial charge in [0.1, 0.15) is 6.04 Å². The lowest BCUT2D eigenvalue weighted by Gasteiger charge is -2.11. The van der Waals surface area contributed by atoms with Crippen LogP contribution in [0.3, 0.4) is 0 Å². The molecule has 0 aliphatic heterocycles. The van der Waals surface area contributed by atoms with Crippen molar-refractivity contribution in [3.63, 3.8) is 0 Å². The minimum Gasteiger partial charge on any atom is -0.480 e. The number of carboxylic acids is 1. The fraction of sp³-hybridized carbons (Fsp3) is 0.222. The highest BCUT2D eigenvalue weighted by Gasteiger charge is 2.11. The number of halogens is 2. The number of nitrogens with two attached hydrogens (primary N) is 1. The highest BCUT2D eigenvalue weighted by Crippen LogP contribution is 2.21. The molecule has 1 unspecified atom stereocenters. The topological polar surface area (TPSA) is 75.3 Å². The number of nitrogens with one attached hydrogen (secondary N) is 1. The smallest absolute Gasteiger partial charge is 0.322 e. The molecule has 15 heavy (non-hydrogen) atoms. The second-order valence-electron chi connectivity index (χ2n) is 2.95. The Labute approximate surface area is 106 Å². The number of carbonyl (C=O) groups is 1. The van der Waals surface area contributed by atoms with Crippen LogP contribution in [0.25, 0.3) is 0 Å². The van der Waals surface area contributed by atoms with Crippen LogP contribution in [0.4, 0.5) is 5.69 Å². The van der Waals surface area contributed by atoms with Crippen molar-refractivity contribution in [2.45, 2.75) is 6.04 Å². The SMILES string of the molecule is NC(CNc1ccc(Cl)cc1I)C(=O)O. The Morgan fingerprint density at radius 3 is 2.87 bits per heavy atom. The van der Waals surface area contributed by atoms with Crippen molar-refractivity contribution in [2.24, 2.45) is 5.73 Å². The second kappa shape index (κ2) is 5.53. The Morgan fingerprint density at radius 1 is 1.67 bits per heavy atom. The maximum atomic E-state index is 10.5. The van der Waals surface area contributed by atoms with Crippen molar-refractivity contribution in [3.8, 4) is 0 Å². The average Bonchev–Trinajstić information content (AvgIpc) is 2.15. The number of rotatable bonds is 4. The van der Waals surface area contributed by atoms with Crippen LogP contribution < -0.4 is 11.1 Å². The van der Waals surface area contributed by atoms with Gasteiger partial charge >= 0.3 is 5.97 Å². The van der Waals surface area contributed by atoms with E-state index in [1.807, 2.05) is 0 Å². The Bertz CT molecular complexity index is 373. The van der Waals surface area contributed by atoms with Gasteiger partial charge in [-0.1, -0.05) is 11.6 Å². The zero-order chi connectivity index (χ0) is 11.4. The molecule has 0 aromatic heterocycles. The van der Waals surface area contributed by atoms with Gasteiger partial charge in [0.05, 0.1) is 0 Å². The molecule has 1 aromatic rings. The molecule has 4 N–H and O–H groups in total. The summed E-state index contributed by atoms with van der Waals surface area (Å²) in [7, 11) is 0. The molecule has 0 bridgehead atoms. The fourth-order valence-corrected chi connectivity index (χ4v) is 2.00. The molecule has 0 radical (unpaired) electrons. The van der Waals surface area contributed by atoms with Gasteiger partial charge in [0.2, 0.25) is 0 Å². The Kier molecular flexibility index (Phi) is 4.62. The van der Waals surface area contributed by atoms with Crippen molar-refractivity contribution in [3.05, 3.63) is 26.8 Å². The Morgan fingerprint density at radius 2 is 2.33 bits per heavy atom. The predicted molar refractivity (Wildman–Crippen MR) is 68.3 cm³/mol. The summed E-state index contributed by atoms with van der Waals surface area (Å²) in [6.07, 6.45) is 0. The average molecular weight is 341 g/mol. The van der Waals surface area contributed by atoms with Crippen molar-refractivity contribution in [1.29, 1.82) is 0 Å². The van der Waals surface area contributed by atoms with Gasteiger partial charge in [-0.2, -0.15) is 0 Å². The number of anilines is 1. The lowest BCUT2D eigenvalue weighted by atomic mass is 10.3. The first-order valence-electron chi connectivity index (χ1n) is 4.18. The van der Waals surface area contributed by atoms with Crippen LogP contribution >= 0.6 is 34.2 Å². The zero-order valence-electron chi connectivity index (χ0n) is 7.71. The lowest BCUT2D eigenvalue weighted by molar-refractivity contribution is -0.138. The molecule has 0 fully saturated rings. The maximum Gasteiger partial charge on any atom is 0.322 e. The highest BCUT2D eigenvalue weighted by molar-refractivity contribution is 14.1. The summed E-state index contributed by atoms with van der Waals surface area (Å²) in [5.41, 5.74) is 6.18. The molecule has 1 aromatic carbocycles. The molecule has 0 saturated heterocycles. The van der Waals surface area contributed by atoms with Gasteiger partial charge in [0.25, 0.3) is 0 Å². The first-order valence-corrected chi connectivity index (χ1v) is 5.63. The van der Waals surface area contributed by atoms with E-state index in [1.165, 1.54) is 0 Å². The lowest BCUT2D eigenvalue weighted by Crippen LogP contribution is -2.37. The molecule has 0 amide bonds. The van der Waals surface area contributed by atoms with Crippen LogP contribution in [-0.4, -0.2) is 23.7 Å². The van der Waals surface area contributed by atoms with Gasteiger partial charge < -0.3 is 16.2 Å². The molecule has 6 heteroatoms. The van der Waals surface area contributed by atoms with E-state index < -0.39 is 12.0 Å². The van der Waals surface area contributed by atoms with Crippen LogP contribution in [0.5, 0.6) is 0 Å². The van der Waals surface area contributed by atoms with Crippen LogP contribution in [0.1, 0.15) is 0 Å². The first kappa shape index (κ1) is 12.5. The number of hydrogen-bond acceptors (Lipinski definition) is 3. The monoisotopic (exact) mass is 340 g/mol. The molecular weight excluding hydrogens is 330 g/mol. The molecule has 0 aliphatic carbocycles. The van der Waals surface area contributed by atoms with E-state index in [2.05, 4.69) is 27.9 Å². The first-order chi connectivity index (χ1) is 7.00. The molecule has 0 heterocycles. The maximum absolute atomic E-state index is 10.5. The summed E-state index contributed by atoms with van der Waals surface area (Å²) >= 11 is 7.89. The van der Waals surface area contributed by atoms with Crippen molar-refractivity contribution >= 4 is 45.8 Å². The normalized spacial score (nSPS) is 12.2. The van der Waals surface area contributed by atoms with E-state index in [-0.39, 0.29) is 6.54 Å². The number of carboxylic acid groups (broad SMARTS) is 1. The Hall–Kier alpha value is -0.530. The van der Waals surface area contributed by atoms with E-state index in [4.69, 9.17) is 22.4 Å². The minimum atomic E-state index is -1.02. The summed E-state index contributed by atoms with van der Waals surface area (Å²) < 4.78 is 0.928. The number of benzene rings is 1. The van der Waals surface area contributed by atoms with Crippen LogP contribution in [0.2, 0.25) is 5.02 Å². The third kappa shape index (κ3) is 3.84. The molecule has 0 aliphatic rings. The third-order valence-electron chi connectivity index (χ3n) is 1.76. The van der Waals surface area contributed by atoms with Gasteiger partial charge in [-0.15, -0.1) is 0 Å². The van der Waals surface area contributed by atoms with E-state index in [0.717, 1.165) is 9.26 Å². The van der Waals surface area contributed by atoms with Crippen molar-refractivity contribution in [2.75, 3.05) is 11.9 Å². The Balaban J connectivity index is 2.62. The largest absolute Gasteiger partial charge is 0.480 e. The van der Waals surface area contributed by atoms with Crippen LogP contribution in [-0.2, 0) is 4.79 Å². The summed E-state index contributed by atoms with van der Waals surface area (Å²) in [6, 6.07) is 4.41. The van der Waals surface area contributed by atoms with Gasteiger partial charge in [-0.3, -0.25) is 4.79 Å². The van der Waals surface area contributed by atoms with E-state index in [9.17, 15) is 4.79 Å². The minimum absolute atomic E-state index is 0.187. The van der Waals surface area contributed by atoms with Gasteiger partial charge in [-0.05, 0) is 40.8 Å². The highest BCUT2D eigenvalue weighted by atomic mass is 127. The molecule has 1 atom stereocenters. The van der Waals surface area contributed by atoms with Gasteiger partial charge in [0, 0.05) is 20.8 Å². The zero-order valence-corrected chi connectivity index (χ0v) is 10.6. The third-order valence-corrected chi connectivity index (χ3v) is 2.89. The number of aliphatic carboxylic acids is 1. The molecule has 0 spiro atoms. The summed E-state index contributed by atoms with van der Waals surface area (Å²) in [4.78, 5) is 10.5. The van der Waals surface area contributed by atoms with Crippen molar-refractivity contribution in [1.82, 2.24) is 0 Å². The summed E-state index contributed by atoms with van der Waals surface area (Å²) in [6.45, 7) is 0.187.